The van der Waals surface area contributed by atoms with Crippen molar-refractivity contribution in [3.63, 3.8) is 0 Å². The summed E-state index contributed by atoms with van der Waals surface area (Å²) in [6.45, 7) is 8.97. The molecule has 0 spiro atoms. The molecular formula is C11H18N2. The van der Waals surface area contributed by atoms with E-state index < -0.39 is 0 Å². The summed E-state index contributed by atoms with van der Waals surface area (Å²) in [5, 5.41) is 0. The minimum atomic E-state index is 0.227. The van der Waals surface area contributed by atoms with Crippen molar-refractivity contribution in [3.05, 3.63) is 12.7 Å². The first-order valence-corrected chi connectivity index (χ1v) is 4.96. The van der Waals surface area contributed by atoms with Crippen LogP contribution in [-0.2, 0) is 0 Å². The maximum absolute atomic E-state index is 4.46. The van der Waals surface area contributed by atoms with Crippen LogP contribution in [0.5, 0.6) is 0 Å². The van der Waals surface area contributed by atoms with Gasteiger partial charge in [0, 0.05) is 18.1 Å². The molecule has 0 aromatic carbocycles. The summed E-state index contributed by atoms with van der Waals surface area (Å²) in [5.41, 5.74) is 0.227. The van der Waals surface area contributed by atoms with Crippen LogP contribution in [0, 0.1) is 5.41 Å². The van der Waals surface area contributed by atoms with E-state index in [1.165, 1.54) is 0 Å². The molecule has 0 radical (unpaired) electrons. The van der Waals surface area contributed by atoms with Crippen LogP contribution >= 0.6 is 0 Å². The number of rotatable bonds is 4. The van der Waals surface area contributed by atoms with Crippen LogP contribution in [0.1, 0.15) is 33.1 Å². The molecule has 0 aromatic heterocycles. The van der Waals surface area contributed by atoms with E-state index in [1.807, 2.05) is 6.08 Å². The molecule has 0 unspecified atom stereocenters. The lowest BCUT2D eigenvalue weighted by atomic mass is 9.83. The van der Waals surface area contributed by atoms with Crippen molar-refractivity contribution in [2.24, 2.45) is 15.4 Å². The van der Waals surface area contributed by atoms with Crippen LogP contribution in [0.4, 0.5) is 0 Å². The largest absolute Gasteiger partial charge is 0.269 e. The molecule has 0 saturated carbocycles. The Morgan fingerprint density at radius 1 is 1.54 bits per heavy atom. The molecule has 13 heavy (non-hydrogen) atoms. The number of hydrogen-bond acceptors (Lipinski definition) is 2. The molecule has 1 heterocycles. The summed E-state index contributed by atoms with van der Waals surface area (Å²) in [7, 11) is 0. The van der Waals surface area contributed by atoms with Gasteiger partial charge in [-0.05, 0) is 12.8 Å². The Morgan fingerprint density at radius 2 is 2.23 bits per heavy atom. The van der Waals surface area contributed by atoms with Crippen molar-refractivity contribution < 1.29 is 0 Å². The third kappa shape index (κ3) is 2.27. The third-order valence-corrected chi connectivity index (χ3v) is 2.80. The van der Waals surface area contributed by atoms with Gasteiger partial charge in [-0.15, -0.1) is 6.58 Å². The first-order chi connectivity index (χ1) is 6.26. The number of aliphatic imine (C=N–C) groups is 2. The second-order valence-corrected chi connectivity index (χ2v) is 3.55. The molecule has 1 aliphatic rings. The first kappa shape index (κ1) is 10.2. The first-order valence-electron chi connectivity index (χ1n) is 4.96. The third-order valence-electron chi connectivity index (χ3n) is 2.80. The van der Waals surface area contributed by atoms with Crippen molar-refractivity contribution >= 4 is 12.1 Å². The minimum absolute atomic E-state index is 0.227. The lowest BCUT2D eigenvalue weighted by Crippen LogP contribution is -2.28. The van der Waals surface area contributed by atoms with Gasteiger partial charge in [0.05, 0.1) is 6.54 Å². The zero-order valence-corrected chi connectivity index (χ0v) is 8.58. The van der Waals surface area contributed by atoms with E-state index in [1.54, 1.807) is 0 Å². The van der Waals surface area contributed by atoms with E-state index in [4.69, 9.17) is 0 Å². The smallest absolute Gasteiger partial charge is 0.126 e. The van der Waals surface area contributed by atoms with Gasteiger partial charge in [-0.25, -0.2) is 4.99 Å². The highest BCUT2D eigenvalue weighted by atomic mass is 15.0. The molecule has 0 atom stereocenters. The highest BCUT2D eigenvalue weighted by molar-refractivity contribution is 5.93. The lowest BCUT2D eigenvalue weighted by molar-refractivity contribution is 0.407. The van der Waals surface area contributed by atoms with E-state index in [-0.39, 0.29) is 5.41 Å². The Labute approximate surface area is 80.5 Å². The monoisotopic (exact) mass is 178 g/mol. The van der Waals surface area contributed by atoms with Crippen LogP contribution in [0.25, 0.3) is 0 Å². The van der Waals surface area contributed by atoms with Crippen LogP contribution < -0.4 is 0 Å². The summed E-state index contributed by atoms with van der Waals surface area (Å²) < 4.78 is 0. The minimum Gasteiger partial charge on any atom is -0.269 e. The molecule has 0 aliphatic carbocycles. The average molecular weight is 178 g/mol. The average Bonchev–Trinajstić information content (AvgIpc) is 2.20. The van der Waals surface area contributed by atoms with E-state index in [9.17, 15) is 0 Å². The van der Waals surface area contributed by atoms with E-state index in [2.05, 4.69) is 36.6 Å². The Balaban J connectivity index is 2.65. The molecule has 0 fully saturated rings. The fraction of sp³-hybridized carbons (Fsp3) is 0.636. The van der Waals surface area contributed by atoms with Crippen LogP contribution in [0.15, 0.2) is 22.6 Å². The Bertz CT molecular complexity index is 234. The molecule has 0 N–H and O–H groups in total. The molecule has 2 heteroatoms. The Morgan fingerprint density at radius 3 is 2.62 bits per heavy atom. The second-order valence-electron chi connectivity index (χ2n) is 3.55. The van der Waals surface area contributed by atoms with Crippen molar-refractivity contribution in [2.45, 2.75) is 33.1 Å². The normalized spacial score (nSPS) is 19.7. The Hall–Kier alpha value is -0.920. The summed E-state index contributed by atoms with van der Waals surface area (Å²) >= 11 is 0. The summed E-state index contributed by atoms with van der Waals surface area (Å²) in [4.78, 5) is 8.83. The summed E-state index contributed by atoms with van der Waals surface area (Å²) in [6.07, 6.45) is 6.97. The van der Waals surface area contributed by atoms with Gasteiger partial charge >= 0.3 is 0 Å². The summed E-state index contributed by atoms with van der Waals surface area (Å²) in [6, 6.07) is 0. The lowest BCUT2D eigenvalue weighted by Gasteiger charge is -2.27. The van der Waals surface area contributed by atoms with Crippen molar-refractivity contribution in [2.75, 3.05) is 6.54 Å². The molecule has 72 valence electrons. The fourth-order valence-corrected chi connectivity index (χ4v) is 1.44. The fourth-order valence-electron chi connectivity index (χ4n) is 1.44. The molecule has 1 rings (SSSR count). The van der Waals surface area contributed by atoms with Gasteiger partial charge in [-0.3, -0.25) is 4.99 Å². The number of amidine groups is 1. The zero-order valence-electron chi connectivity index (χ0n) is 8.58. The topological polar surface area (TPSA) is 24.7 Å². The van der Waals surface area contributed by atoms with Gasteiger partial charge in [-0.2, -0.15) is 0 Å². The van der Waals surface area contributed by atoms with Gasteiger partial charge in [0.2, 0.25) is 0 Å². The van der Waals surface area contributed by atoms with Crippen LogP contribution in [-0.4, -0.2) is 18.6 Å². The van der Waals surface area contributed by atoms with Crippen molar-refractivity contribution in [1.82, 2.24) is 0 Å². The maximum Gasteiger partial charge on any atom is 0.126 e. The highest BCUT2D eigenvalue weighted by Crippen LogP contribution is 2.26. The predicted octanol–water partition coefficient (Wildman–Crippen LogP) is 2.85. The Kier molecular flexibility index (Phi) is 3.40. The molecule has 0 saturated heterocycles. The second kappa shape index (κ2) is 4.35. The van der Waals surface area contributed by atoms with E-state index in [0.717, 1.165) is 31.6 Å². The van der Waals surface area contributed by atoms with Gasteiger partial charge in [-0.1, -0.05) is 19.9 Å². The maximum atomic E-state index is 4.46. The molecular weight excluding hydrogens is 160 g/mol. The molecule has 0 aromatic rings. The van der Waals surface area contributed by atoms with Gasteiger partial charge in [0.1, 0.15) is 5.84 Å². The van der Waals surface area contributed by atoms with Crippen molar-refractivity contribution in [1.29, 1.82) is 0 Å². The van der Waals surface area contributed by atoms with E-state index in [0.29, 0.717) is 0 Å². The van der Waals surface area contributed by atoms with Gasteiger partial charge < -0.3 is 0 Å². The van der Waals surface area contributed by atoms with Gasteiger partial charge in [0.25, 0.3) is 0 Å². The number of nitrogens with zero attached hydrogens (tertiary/aromatic N) is 2. The molecule has 2 nitrogen and oxygen atoms in total. The quantitative estimate of drug-likeness (QED) is 0.591. The van der Waals surface area contributed by atoms with E-state index >= 15 is 0 Å². The SMILES string of the molecule is C=CCC1=NCC(CC)(CC)C=N1. The van der Waals surface area contributed by atoms with Crippen LogP contribution in [0.3, 0.4) is 0 Å². The standard InChI is InChI=1S/C11H18N2/c1-4-7-10-12-8-11(5-2,6-3)9-13-10/h4,8H,1,5-7,9H2,2-3H3. The summed E-state index contributed by atoms with van der Waals surface area (Å²) in [5.74, 6) is 0.924. The molecule has 0 bridgehead atoms. The molecule has 0 amide bonds. The van der Waals surface area contributed by atoms with Gasteiger partial charge in [0.15, 0.2) is 0 Å². The number of hydrogen-bond donors (Lipinski definition) is 0. The predicted molar refractivity (Wildman–Crippen MR) is 58.6 cm³/mol. The zero-order chi connectivity index (χ0) is 9.73. The van der Waals surface area contributed by atoms with Crippen LogP contribution in [0.2, 0.25) is 0 Å². The van der Waals surface area contributed by atoms with Crippen molar-refractivity contribution in [3.8, 4) is 0 Å². The molecule has 1 aliphatic heterocycles. The highest BCUT2D eigenvalue weighted by Gasteiger charge is 2.25.